The number of rotatable bonds is 2. The van der Waals surface area contributed by atoms with Crippen LogP contribution in [0.4, 0.5) is 5.69 Å². The molecule has 3 rings (SSSR count). The van der Waals surface area contributed by atoms with Crippen molar-refractivity contribution in [3.05, 3.63) is 65.7 Å². The van der Waals surface area contributed by atoms with Crippen LogP contribution in [0.25, 0.3) is 0 Å². The van der Waals surface area contributed by atoms with Gasteiger partial charge in [-0.2, -0.15) is 0 Å². The van der Waals surface area contributed by atoms with E-state index in [1.54, 1.807) is 24.3 Å². The molecule has 0 bridgehead atoms. The van der Waals surface area contributed by atoms with Gasteiger partial charge in [0.05, 0.1) is 6.04 Å². The van der Waals surface area contributed by atoms with Crippen LogP contribution in [0.15, 0.2) is 54.6 Å². The van der Waals surface area contributed by atoms with Crippen LogP contribution in [-0.2, 0) is 0 Å². The summed E-state index contributed by atoms with van der Waals surface area (Å²) >= 11 is 0. The van der Waals surface area contributed by atoms with Gasteiger partial charge in [-0.1, -0.05) is 30.3 Å². The second kappa shape index (κ2) is 5.37. The molecule has 1 fully saturated rings. The topological polar surface area (TPSA) is 46.3 Å². The van der Waals surface area contributed by atoms with E-state index < -0.39 is 0 Å². The number of anilines is 1. The quantitative estimate of drug-likeness (QED) is 0.848. The molecular formula is C17H18N2O. The maximum atomic E-state index is 12.6. The van der Waals surface area contributed by atoms with Gasteiger partial charge in [-0.3, -0.25) is 4.79 Å². The molecule has 1 saturated heterocycles. The Bertz CT molecular complexity index is 592. The Morgan fingerprint density at radius 1 is 1.05 bits per heavy atom. The van der Waals surface area contributed by atoms with Gasteiger partial charge in [0.15, 0.2) is 0 Å². The Labute approximate surface area is 119 Å². The molecule has 0 aromatic heterocycles. The molecule has 0 radical (unpaired) electrons. The van der Waals surface area contributed by atoms with Gasteiger partial charge in [0.1, 0.15) is 0 Å². The molecular weight excluding hydrogens is 248 g/mol. The van der Waals surface area contributed by atoms with Gasteiger partial charge < -0.3 is 10.6 Å². The Balaban J connectivity index is 1.85. The van der Waals surface area contributed by atoms with Crippen molar-refractivity contribution in [1.82, 2.24) is 4.90 Å². The number of benzene rings is 2. The lowest BCUT2D eigenvalue weighted by atomic mass is 10.0. The Morgan fingerprint density at radius 2 is 1.75 bits per heavy atom. The monoisotopic (exact) mass is 266 g/mol. The average molecular weight is 266 g/mol. The van der Waals surface area contributed by atoms with Gasteiger partial charge in [-0.15, -0.1) is 0 Å². The molecule has 1 amide bonds. The lowest BCUT2D eigenvalue weighted by Gasteiger charge is -2.25. The van der Waals surface area contributed by atoms with E-state index in [4.69, 9.17) is 5.73 Å². The molecule has 0 unspecified atom stereocenters. The third-order valence-corrected chi connectivity index (χ3v) is 3.86. The van der Waals surface area contributed by atoms with Gasteiger partial charge >= 0.3 is 0 Å². The molecule has 1 aliphatic heterocycles. The summed E-state index contributed by atoms with van der Waals surface area (Å²) in [7, 11) is 0. The van der Waals surface area contributed by atoms with Gasteiger partial charge in [0.25, 0.3) is 5.91 Å². The van der Waals surface area contributed by atoms with E-state index in [-0.39, 0.29) is 11.9 Å². The van der Waals surface area contributed by atoms with Crippen molar-refractivity contribution in [2.75, 3.05) is 12.3 Å². The van der Waals surface area contributed by atoms with Crippen LogP contribution in [0.5, 0.6) is 0 Å². The first-order valence-corrected chi connectivity index (χ1v) is 6.97. The number of hydrogen-bond acceptors (Lipinski definition) is 2. The van der Waals surface area contributed by atoms with Gasteiger partial charge in [-0.05, 0) is 42.7 Å². The summed E-state index contributed by atoms with van der Waals surface area (Å²) in [4.78, 5) is 14.6. The summed E-state index contributed by atoms with van der Waals surface area (Å²) in [5.74, 6) is 0.0938. The zero-order valence-electron chi connectivity index (χ0n) is 11.3. The van der Waals surface area contributed by atoms with Crippen LogP contribution in [0.1, 0.15) is 34.8 Å². The fourth-order valence-corrected chi connectivity index (χ4v) is 2.82. The van der Waals surface area contributed by atoms with Gasteiger partial charge in [-0.25, -0.2) is 0 Å². The molecule has 0 aliphatic carbocycles. The summed E-state index contributed by atoms with van der Waals surface area (Å²) < 4.78 is 0. The molecule has 102 valence electrons. The van der Waals surface area contributed by atoms with E-state index in [1.165, 1.54) is 5.56 Å². The zero-order chi connectivity index (χ0) is 13.9. The molecule has 2 aromatic rings. The van der Waals surface area contributed by atoms with E-state index in [2.05, 4.69) is 12.1 Å². The van der Waals surface area contributed by atoms with Crippen molar-refractivity contribution in [3.63, 3.8) is 0 Å². The highest BCUT2D eigenvalue weighted by atomic mass is 16.2. The predicted octanol–water partition coefficient (Wildman–Crippen LogP) is 3.25. The SMILES string of the molecule is Nc1ccc(C(=O)N2CCC[C@H]2c2ccccc2)cc1. The van der Waals surface area contributed by atoms with Crippen LogP contribution in [0, 0.1) is 0 Å². The maximum Gasteiger partial charge on any atom is 0.254 e. The minimum atomic E-state index is 0.0938. The standard InChI is InChI=1S/C17H18N2O/c18-15-10-8-14(9-11-15)17(20)19-12-4-7-16(19)13-5-2-1-3-6-13/h1-3,5-6,8-11,16H,4,7,12,18H2/t16-/m0/s1. The highest BCUT2D eigenvalue weighted by Crippen LogP contribution is 2.32. The molecule has 1 atom stereocenters. The Morgan fingerprint density at radius 3 is 2.45 bits per heavy atom. The number of amides is 1. The predicted molar refractivity (Wildman–Crippen MR) is 80.3 cm³/mol. The van der Waals surface area contributed by atoms with E-state index in [0.717, 1.165) is 19.4 Å². The summed E-state index contributed by atoms with van der Waals surface area (Å²) in [6, 6.07) is 17.6. The molecule has 0 spiro atoms. The number of nitrogen functional groups attached to an aromatic ring is 1. The minimum absolute atomic E-state index is 0.0938. The third kappa shape index (κ3) is 2.39. The first-order valence-electron chi connectivity index (χ1n) is 6.97. The van der Waals surface area contributed by atoms with Crippen LogP contribution in [0.3, 0.4) is 0 Å². The lowest BCUT2D eigenvalue weighted by molar-refractivity contribution is 0.0735. The maximum absolute atomic E-state index is 12.6. The molecule has 3 nitrogen and oxygen atoms in total. The first-order chi connectivity index (χ1) is 9.75. The van der Waals surface area contributed by atoms with Gasteiger partial charge in [0.2, 0.25) is 0 Å². The summed E-state index contributed by atoms with van der Waals surface area (Å²) in [5.41, 5.74) is 8.28. The molecule has 2 aromatic carbocycles. The van der Waals surface area contributed by atoms with Crippen LogP contribution in [0.2, 0.25) is 0 Å². The molecule has 1 aliphatic rings. The summed E-state index contributed by atoms with van der Waals surface area (Å²) in [6.07, 6.45) is 2.09. The minimum Gasteiger partial charge on any atom is -0.399 e. The normalized spacial score (nSPS) is 18.2. The van der Waals surface area contributed by atoms with E-state index in [9.17, 15) is 4.79 Å². The highest BCUT2D eigenvalue weighted by molar-refractivity contribution is 5.95. The second-order valence-electron chi connectivity index (χ2n) is 5.19. The Hall–Kier alpha value is -2.29. The molecule has 2 N–H and O–H groups in total. The second-order valence-corrected chi connectivity index (χ2v) is 5.19. The summed E-state index contributed by atoms with van der Waals surface area (Å²) in [5, 5.41) is 0. The lowest BCUT2D eigenvalue weighted by Crippen LogP contribution is -2.30. The molecule has 3 heteroatoms. The van der Waals surface area contributed by atoms with Crippen molar-refractivity contribution in [2.45, 2.75) is 18.9 Å². The van der Waals surface area contributed by atoms with E-state index in [1.807, 2.05) is 23.1 Å². The van der Waals surface area contributed by atoms with Crippen molar-refractivity contribution < 1.29 is 4.79 Å². The number of nitrogens with two attached hydrogens (primary N) is 1. The zero-order valence-corrected chi connectivity index (χ0v) is 11.3. The van der Waals surface area contributed by atoms with Crippen molar-refractivity contribution >= 4 is 11.6 Å². The molecule has 0 saturated carbocycles. The number of carbonyl (C=O) groups excluding carboxylic acids is 1. The number of nitrogens with zero attached hydrogens (tertiary/aromatic N) is 1. The van der Waals surface area contributed by atoms with Crippen LogP contribution < -0.4 is 5.73 Å². The fourth-order valence-electron chi connectivity index (χ4n) is 2.82. The highest BCUT2D eigenvalue weighted by Gasteiger charge is 2.30. The smallest absolute Gasteiger partial charge is 0.254 e. The van der Waals surface area contributed by atoms with Crippen molar-refractivity contribution in [2.24, 2.45) is 0 Å². The fraction of sp³-hybridized carbons (Fsp3) is 0.235. The number of carbonyl (C=O) groups is 1. The first kappa shape index (κ1) is 12.7. The van der Waals surface area contributed by atoms with Crippen LogP contribution >= 0.6 is 0 Å². The largest absolute Gasteiger partial charge is 0.399 e. The van der Waals surface area contributed by atoms with Crippen molar-refractivity contribution in [3.8, 4) is 0 Å². The van der Waals surface area contributed by atoms with Crippen LogP contribution in [-0.4, -0.2) is 17.4 Å². The Kier molecular flexibility index (Phi) is 3.42. The molecule has 20 heavy (non-hydrogen) atoms. The van der Waals surface area contributed by atoms with Crippen molar-refractivity contribution in [1.29, 1.82) is 0 Å². The average Bonchev–Trinajstić information content (AvgIpc) is 2.97. The third-order valence-electron chi connectivity index (χ3n) is 3.86. The van der Waals surface area contributed by atoms with E-state index in [0.29, 0.717) is 11.3 Å². The summed E-state index contributed by atoms with van der Waals surface area (Å²) in [6.45, 7) is 0.822. The number of hydrogen-bond donors (Lipinski definition) is 1. The number of likely N-dealkylation sites (tertiary alicyclic amines) is 1. The molecule has 1 heterocycles. The van der Waals surface area contributed by atoms with E-state index >= 15 is 0 Å². The van der Waals surface area contributed by atoms with Gasteiger partial charge in [0, 0.05) is 17.8 Å².